The van der Waals surface area contributed by atoms with E-state index in [1.165, 1.54) is 5.56 Å². The molecule has 1 aromatic rings. The number of phenolic OH excluding ortho intramolecular Hbond substituents is 1. The average molecular weight is 446 g/mol. The Labute approximate surface area is 189 Å². The van der Waals surface area contributed by atoms with Crippen LogP contribution in [0.15, 0.2) is 12.1 Å². The van der Waals surface area contributed by atoms with Crippen molar-refractivity contribution >= 4 is 5.97 Å². The highest BCUT2D eigenvalue weighted by molar-refractivity contribution is 5.73. The molecule has 0 radical (unpaired) electrons. The number of likely N-dealkylation sites (tertiary alicyclic amines) is 1. The Morgan fingerprint density at radius 3 is 2.94 bits per heavy atom. The van der Waals surface area contributed by atoms with Gasteiger partial charge in [-0.3, -0.25) is 10.1 Å². The molecule has 8 heteroatoms. The predicted octanol–water partition coefficient (Wildman–Crippen LogP) is 1.37. The van der Waals surface area contributed by atoms with Crippen molar-refractivity contribution in [2.75, 3.05) is 27.2 Å². The summed E-state index contributed by atoms with van der Waals surface area (Å²) in [5.41, 5.74) is 7.08. The van der Waals surface area contributed by atoms with Crippen LogP contribution in [0.4, 0.5) is 0 Å². The molecule has 5 N–H and O–H groups in total. The zero-order chi connectivity index (χ0) is 22.7. The standard InChI is InChI=1S/C24H35N3O5/c1-27-12-10-23-19-14-6-7-17(28)20(19)32-21(23)15(8-9-24(23,31-2)18(27)13-14)26-16(22(29)30)5-3-4-11-25/h6-7,15-16,18,21,26,28H,3-5,8-13,25H2,1-2H3,(H,29,30)/t15?,16-,18+,21?,23-,24+/m0/s1. The molecule has 2 unspecified atom stereocenters. The van der Waals surface area contributed by atoms with Gasteiger partial charge in [0, 0.05) is 24.8 Å². The van der Waals surface area contributed by atoms with E-state index in [1.54, 1.807) is 13.2 Å². The van der Waals surface area contributed by atoms with Gasteiger partial charge in [0.25, 0.3) is 0 Å². The number of piperidine rings is 1. The first kappa shape index (κ1) is 21.9. The molecule has 4 aliphatic rings. The molecule has 2 bridgehead atoms. The maximum Gasteiger partial charge on any atom is 0.320 e. The van der Waals surface area contributed by atoms with Crippen LogP contribution in [0.1, 0.15) is 49.7 Å². The molecule has 1 spiro atoms. The molecule has 0 aromatic heterocycles. The number of likely N-dealkylation sites (N-methyl/N-ethyl adjacent to an activating group) is 1. The maximum atomic E-state index is 12.0. The lowest BCUT2D eigenvalue weighted by Gasteiger charge is -2.65. The summed E-state index contributed by atoms with van der Waals surface area (Å²) >= 11 is 0. The van der Waals surface area contributed by atoms with Gasteiger partial charge in [-0.2, -0.15) is 0 Å². The number of nitrogens with one attached hydrogen (secondary N) is 1. The lowest BCUT2D eigenvalue weighted by atomic mass is 9.48. The zero-order valence-corrected chi connectivity index (χ0v) is 19.0. The summed E-state index contributed by atoms with van der Waals surface area (Å²) in [4.78, 5) is 14.4. The zero-order valence-electron chi connectivity index (χ0n) is 19.0. The molecule has 8 nitrogen and oxygen atoms in total. The van der Waals surface area contributed by atoms with Gasteiger partial charge in [0.2, 0.25) is 0 Å². The fourth-order valence-corrected chi connectivity index (χ4v) is 7.34. The molecule has 2 aliphatic heterocycles. The van der Waals surface area contributed by atoms with Gasteiger partial charge >= 0.3 is 5.97 Å². The lowest BCUT2D eigenvalue weighted by molar-refractivity contribution is -0.204. The normalized spacial score (nSPS) is 35.8. The molecule has 32 heavy (non-hydrogen) atoms. The number of nitrogens with zero attached hydrogens (tertiary/aromatic N) is 1. The Hall–Kier alpha value is -1.87. The molecule has 5 rings (SSSR count). The van der Waals surface area contributed by atoms with E-state index in [2.05, 4.69) is 17.3 Å². The van der Waals surface area contributed by atoms with Crippen LogP contribution in [0.3, 0.4) is 0 Å². The van der Waals surface area contributed by atoms with Crippen LogP contribution in [0.5, 0.6) is 11.5 Å². The highest BCUT2D eigenvalue weighted by atomic mass is 16.5. The average Bonchev–Trinajstić information content (AvgIpc) is 3.14. The second-order valence-corrected chi connectivity index (χ2v) is 9.99. The van der Waals surface area contributed by atoms with Gasteiger partial charge < -0.3 is 30.3 Å². The number of aromatic hydroxyl groups is 1. The van der Waals surface area contributed by atoms with Gasteiger partial charge in [0.15, 0.2) is 11.5 Å². The van der Waals surface area contributed by atoms with Crippen LogP contribution >= 0.6 is 0 Å². The van der Waals surface area contributed by atoms with Crippen molar-refractivity contribution in [1.82, 2.24) is 10.2 Å². The number of hydrogen-bond acceptors (Lipinski definition) is 7. The monoisotopic (exact) mass is 445 g/mol. The molecule has 2 fully saturated rings. The first-order valence-electron chi connectivity index (χ1n) is 11.9. The summed E-state index contributed by atoms with van der Waals surface area (Å²) in [7, 11) is 3.97. The number of rotatable bonds is 8. The number of methoxy groups -OCH3 is 1. The predicted molar refractivity (Wildman–Crippen MR) is 119 cm³/mol. The van der Waals surface area contributed by atoms with Crippen LogP contribution in [0.2, 0.25) is 0 Å². The second kappa shape index (κ2) is 7.87. The summed E-state index contributed by atoms with van der Waals surface area (Å²) in [5.74, 6) is -0.112. The summed E-state index contributed by atoms with van der Waals surface area (Å²) in [6, 6.07) is 3.18. The first-order chi connectivity index (χ1) is 15.4. The third-order valence-corrected chi connectivity index (χ3v) is 8.71. The Balaban J connectivity index is 1.56. The molecule has 0 amide bonds. The number of carbonyl (C=O) groups is 1. The second-order valence-electron chi connectivity index (χ2n) is 9.99. The van der Waals surface area contributed by atoms with Crippen LogP contribution in [0, 0.1) is 0 Å². The topological polar surface area (TPSA) is 117 Å². The third kappa shape index (κ3) is 2.79. The number of hydrogen-bond donors (Lipinski definition) is 4. The van der Waals surface area contributed by atoms with Crippen molar-refractivity contribution < 1.29 is 24.5 Å². The van der Waals surface area contributed by atoms with Gasteiger partial charge in [-0.25, -0.2) is 0 Å². The van der Waals surface area contributed by atoms with Crippen molar-refractivity contribution in [2.24, 2.45) is 5.73 Å². The summed E-state index contributed by atoms with van der Waals surface area (Å²) in [6.07, 6.45) is 5.12. The molecule has 1 saturated carbocycles. The number of unbranched alkanes of at least 4 members (excludes halogenated alkanes) is 1. The highest BCUT2D eigenvalue weighted by Crippen LogP contribution is 2.66. The van der Waals surface area contributed by atoms with Crippen molar-refractivity contribution in [2.45, 2.75) is 80.2 Å². The first-order valence-corrected chi connectivity index (χ1v) is 11.9. The van der Waals surface area contributed by atoms with E-state index in [4.69, 9.17) is 15.2 Å². The maximum absolute atomic E-state index is 12.0. The number of benzene rings is 1. The van der Waals surface area contributed by atoms with Gasteiger partial charge in [-0.1, -0.05) is 12.5 Å². The highest BCUT2D eigenvalue weighted by Gasteiger charge is 2.73. The van der Waals surface area contributed by atoms with E-state index in [0.717, 1.165) is 50.6 Å². The van der Waals surface area contributed by atoms with Crippen molar-refractivity contribution in [3.8, 4) is 11.5 Å². The van der Waals surface area contributed by atoms with Gasteiger partial charge in [0.05, 0.1) is 11.0 Å². The van der Waals surface area contributed by atoms with Gasteiger partial charge in [-0.15, -0.1) is 0 Å². The largest absolute Gasteiger partial charge is 0.504 e. The lowest BCUT2D eigenvalue weighted by Crippen LogP contribution is -2.78. The minimum absolute atomic E-state index is 0.140. The number of nitrogens with two attached hydrogens (primary N) is 1. The van der Waals surface area contributed by atoms with E-state index in [9.17, 15) is 15.0 Å². The minimum atomic E-state index is -0.841. The Kier molecular flexibility index (Phi) is 5.40. The van der Waals surface area contributed by atoms with Crippen LogP contribution in [-0.4, -0.2) is 78.2 Å². The summed E-state index contributed by atoms with van der Waals surface area (Å²) < 4.78 is 13.0. The van der Waals surface area contributed by atoms with Crippen LogP contribution in [0.25, 0.3) is 0 Å². The van der Waals surface area contributed by atoms with Gasteiger partial charge in [-0.05, 0) is 70.3 Å². The minimum Gasteiger partial charge on any atom is -0.504 e. The molecule has 2 heterocycles. The molecule has 1 saturated heterocycles. The van der Waals surface area contributed by atoms with Crippen molar-refractivity contribution in [3.63, 3.8) is 0 Å². The quantitative estimate of drug-likeness (QED) is 0.443. The molecule has 2 aliphatic carbocycles. The number of carboxylic acid groups (broad SMARTS) is 1. The summed E-state index contributed by atoms with van der Waals surface area (Å²) in [5, 5.41) is 24.0. The number of carboxylic acids is 1. The fourth-order valence-electron chi connectivity index (χ4n) is 7.34. The molecular formula is C24H35N3O5. The number of aliphatic carboxylic acids is 1. The van der Waals surface area contributed by atoms with Crippen LogP contribution in [-0.2, 0) is 21.4 Å². The van der Waals surface area contributed by atoms with E-state index in [1.807, 2.05) is 6.07 Å². The number of phenols is 1. The number of ether oxygens (including phenoxy) is 2. The van der Waals surface area contributed by atoms with Crippen LogP contribution < -0.4 is 15.8 Å². The molecule has 176 valence electrons. The Morgan fingerprint density at radius 2 is 2.22 bits per heavy atom. The van der Waals surface area contributed by atoms with Crippen molar-refractivity contribution in [1.29, 1.82) is 0 Å². The fraction of sp³-hybridized carbons (Fsp3) is 0.708. The van der Waals surface area contributed by atoms with E-state index in [0.29, 0.717) is 18.7 Å². The van der Waals surface area contributed by atoms with E-state index < -0.39 is 23.0 Å². The SMILES string of the molecule is CO[C@@]12CCC(N[C@@H](CCCCN)C(=O)O)C3Oc4c(O)ccc5c4[C@@]31CCN(C)[C@@H]2C5. The Bertz CT molecular complexity index is 910. The molecule has 1 aromatic carbocycles. The summed E-state index contributed by atoms with van der Waals surface area (Å²) in [6.45, 7) is 1.48. The molecular weight excluding hydrogens is 410 g/mol. The van der Waals surface area contributed by atoms with E-state index >= 15 is 0 Å². The Morgan fingerprint density at radius 1 is 1.41 bits per heavy atom. The smallest absolute Gasteiger partial charge is 0.320 e. The third-order valence-electron chi connectivity index (χ3n) is 8.71. The van der Waals surface area contributed by atoms with Crippen molar-refractivity contribution in [3.05, 3.63) is 23.3 Å². The van der Waals surface area contributed by atoms with Gasteiger partial charge in [0.1, 0.15) is 12.1 Å². The van der Waals surface area contributed by atoms with E-state index in [-0.39, 0.29) is 23.9 Å². The molecule has 6 atom stereocenters.